The van der Waals surface area contributed by atoms with Crippen LogP contribution in [0.3, 0.4) is 0 Å². The van der Waals surface area contributed by atoms with Crippen LogP contribution in [-0.4, -0.2) is 41.1 Å². The standard InChI is InChI=1S/C19H32N2O3/c1-12-13(2)23-14(3)16(12)17(22)24-15-10-18(4,5)21(9-8-20)19(6,7)11-15/h15H,8-11,20H2,1-7H3. The molecule has 24 heavy (non-hydrogen) atoms. The van der Waals surface area contributed by atoms with Crippen LogP contribution in [0, 0.1) is 20.8 Å². The van der Waals surface area contributed by atoms with Gasteiger partial charge in [-0.05, 0) is 48.5 Å². The third-order valence-corrected chi connectivity index (χ3v) is 5.31. The highest BCUT2D eigenvalue weighted by Gasteiger charge is 2.46. The molecule has 1 aromatic heterocycles. The molecular formula is C19H32N2O3. The molecular weight excluding hydrogens is 304 g/mol. The van der Waals surface area contributed by atoms with Crippen molar-refractivity contribution in [1.29, 1.82) is 0 Å². The van der Waals surface area contributed by atoms with Crippen LogP contribution in [0.5, 0.6) is 0 Å². The molecule has 1 aliphatic rings. The molecule has 1 aliphatic heterocycles. The second-order valence-electron chi connectivity index (χ2n) is 8.22. The van der Waals surface area contributed by atoms with Gasteiger partial charge >= 0.3 is 5.97 Å². The van der Waals surface area contributed by atoms with Crippen LogP contribution in [0.1, 0.15) is 68.0 Å². The van der Waals surface area contributed by atoms with E-state index in [-0.39, 0.29) is 23.2 Å². The van der Waals surface area contributed by atoms with Gasteiger partial charge in [-0.25, -0.2) is 4.79 Å². The van der Waals surface area contributed by atoms with E-state index >= 15 is 0 Å². The van der Waals surface area contributed by atoms with Crippen LogP contribution in [0.2, 0.25) is 0 Å². The SMILES string of the molecule is Cc1oc(C)c(C(=O)OC2CC(C)(C)N(CCN)C(C)(C)C2)c1C. The first-order chi connectivity index (χ1) is 11.0. The fourth-order valence-electron chi connectivity index (χ4n) is 4.35. The molecule has 2 rings (SSSR count). The topological polar surface area (TPSA) is 68.7 Å². The predicted molar refractivity (Wildman–Crippen MR) is 95.3 cm³/mol. The lowest BCUT2D eigenvalue weighted by atomic mass is 9.78. The molecule has 0 spiro atoms. The molecule has 1 aromatic rings. The molecule has 0 saturated carbocycles. The van der Waals surface area contributed by atoms with E-state index in [1.807, 2.05) is 20.8 Å². The minimum absolute atomic E-state index is 0.0670. The predicted octanol–water partition coefficient (Wildman–Crippen LogP) is 3.34. The van der Waals surface area contributed by atoms with Crippen LogP contribution in [-0.2, 0) is 4.74 Å². The first-order valence-electron chi connectivity index (χ1n) is 8.75. The van der Waals surface area contributed by atoms with Crippen molar-refractivity contribution in [2.75, 3.05) is 13.1 Å². The largest absolute Gasteiger partial charge is 0.465 e. The van der Waals surface area contributed by atoms with Gasteiger partial charge in [-0.3, -0.25) is 4.90 Å². The molecule has 0 bridgehead atoms. The Balaban J connectivity index is 2.18. The Morgan fingerprint density at radius 1 is 1.17 bits per heavy atom. The van der Waals surface area contributed by atoms with Gasteiger partial charge in [0.1, 0.15) is 23.2 Å². The molecule has 0 aliphatic carbocycles. The molecule has 136 valence electrons. The van der Waals surface area contributed by atoms with Gasteiger partial charge in [-0.2, -0.15) is 0 Å². The van der Waals surface area contributed by atoms with E-state index in [9.17, 15) is 4.79 Å². The first-order valence-corrected chi connectivity index (χ1v) is 8.75. The van der Waals surface area contributed by atoms with Crippen molar-refractivity contribution >= 4 is 5.97 Å². The number of piperidine rings is 1. The third-order valence-electron chi connectivity index (χ3n) is 5.31. The summed E-state index contributed by atoms with van der Waals surface area (Å²) in [7, 11) is 0. The van der Waals surface area contributed by atoms with E-state index in [1.165, 1.54) is 0 Å². The Hall–Kier alpha value is -1.33. The van der Waals surface area contributed by atoms with Crippen molar-refractivity contribution in [2.45, 2.75) is 78.5 Å². The van der Waals surface area contributed by atoms with Crippen LogP contribution in [0.4, 0.5) is 0 Å². The molecule has 0 atom stereocenters. The molecule has 0 unspecified atom stereocenters. The number of esters is 1. The van der Waals surface area contributed by atoms with Gasteiger partial charge in [0.2, 0.25) is 0 Å². The fraction of sp³-hybridized carbons (Fsp3) is 0.737. The quantitative estimate of drug-likeness (QED) is 0.854. The summed E-state index contributed by atoms with van der Waals surface area (Å²) >= 11 is 0. The summed E-state index contributed by atoms with van der Waals surface area (Å²) in [5.74, 6) is 1.14. The van der Waals surface area contributed by atoms with Gasteiger partial charge in [-0.15, -0.1) is 0 Å². The van der Waals surface area contributed by atoms with Crippen molar-refractivity contribution in [3.8, 4) is 0 Å². The van der Waals surface area contributed by atoms with Crippen LogP contribution in [0.15, 0.2) is 4.42 Å². The molecule has 1 fully saturated rings. The Kier molecular flexibility index (Phi) is 5.17. The van der Waals surface area contributed by atoms with E-state index in [4.69, 9.17) is 14.9 Å². The van der Waals surface area contributed by atoms with Crippen molar-refractivity contribution < 1.29 is 13.9 Å². The third kappa shape index (κ3) is 3.52. The highest BCUT2D eigenvalue weighted by atomic mass is 16.5. The number of ether oxygens (including phenoxy) is 1. The second kappa shape index (κ2) is 6.52. The fourth-order valence-corrected chi connectivity index (χ4v) is 4.35. The number of hydrogen-bond acceptors (Lipinski definition) is 5. The van der Waals surface area contributed by atoms with Gasteiger partial charge < -0.3 is 14.9 Å². The summed E-state index contributed by atoms with van der Waals surface area (Å²) in [4.78, 5) is 15.1. The number of nitrogens with two attached hydrogens (primary N) is 1. The smallest absolute Gasteiger partial charge is 0.342 e. The Morgan fingerprint density at radius 3 is 2.12 bits per heavy atom. The average molecular weight is 336 g/mol. The Labute approximate surface area is 145 Å². The highest BCUT2D eigenvalue weighted by Crippen LogP contribution is 2.39. The summed E-state index contributed by atoms with van der Waals surface area (Å²) in [5.41, 5.74) is 7.11. The van der Waals surface area contributed by atoms with Crippen LogP contribution >= 0.6 is 0 Å². The van der Waals surface area contributed by atoms with E-state index in [0.29, 0.717) is 17.9 Å². The molecule has 5 nitrogen and oxygen atoms in total. The Bertz CT molecular complexity index is 598. The number of carbonyl (C=O) groups excluding carboxylic acids is 1. The van der Waals surface area contributed by atoms with Gasteiger partial charge in [0.25, 0.3) is 0 Å². The normalized spacial score (nSPS) is 21.0. The summed E-state index contributed by atoms with van der Waals surface area (Å²) in [5, 5.41) is 0. The Morgan fingerprint density at radius 2 is 1.71 bits per heavy atom. The molecule has 0 radical (unpaired) electrons. The lowest BCUT2D eigenvalue weighted by Crippen LogP contribution is -2.63. The van der Waals surface area contributed by atoms with E-state index in [1.54, 1.807) is 0 Å². The zero-order valence-electron chi connectivity index (χ0n) is 16.2. The molecule has 2 N–H and O–H groups in total. The number of carbonyl (C=O) groups is 1. The zero-order chi connectivity index (χ0) is 18.3. The van der Waals surface area contributed by atoms with Gasteiger partial charge in [0, 0.05) is 42.6 Å². The van der Waals surface area contributed by atoms with E-state index in [2.05, 4.69) is 32.6 Å². The number of furan rings is 1. The van der Waals surface area contributed by atoms with Gasteiger partial charge in [-0.1, -0.05) is 0 Å². The zero-order valence-corrected chi connectivity index (χ0v) is 16.2. The number of hydrogen-bond donors (Lipinski definition) is 1. The van der Waals surface area contributed by atoms with Crippen molar-refractivity contribution in [1.82, 2.24) is 4.90 Å². The lowest BCUT2D eigenvalue weighted by molar-refractivity contribution is -0.0854. The van der Waals surface area contributed by atoms with Gasteiger partial charge in [0.15, 0.2) is 0 Å². The molecule has 1 saturated heterocycles. The summed E-state index contributed by atoms with van der Waals surface area (Å²) < 4.78 is 11.5. The van der Waals surface area contributed by atoms with Crippen molar-refractivity contribution in [3.05, 3.63) is 22.6 Å². The van der Waals surface area contributed by atoms with Gasteiger partial charge in [0.05, 0.1) is 0 Å². The van der Waals surface area contributed by atoms with Crippen LogP contribution < -0.4 is 5.73 Å². The summed E-state index contributed by atoms with van der Waals surface area (Å²) in [6, 6.07) is 0. The second-order valence-corrected chi connectivity index (χ2v) is 8.22. The minimum atomic E-state index is -0.272. The molecule has 2 heterocycles. The lowest BCUT2D eigenvalue weighted by Gasteiger charge is -2.54. The first kappa shape index (κ1) is 19.0. The number of rotatable bonds is 4. The number of aryl methyl sites for hydroxylation is 2. The summed E-state index contributed by atoms with van der Waals surface area (Å²) in [6.45, 7) is 15.9. The monoisotopic (exact) mass is 336 g/mol. The van der Waals surface area contributed by atoms with Crippen molar-refractivity contribution in [3.63, 3.8) is 0 Å². The van der Waals surface area contributed by atoms with E-state index < -0.39 is 0 Å². The molecule has 0 aromatic carbocycles. The average Bonchev–Trinajstić information content (AvgIpc) is 2.66. The maximum atomic E-state index is 12.7. The van der Waals surface area contributed by atoms with Crippen LogP contribution in [0.25, 0.3) is 0 Å². The number of likely N-dealkylation sites (tertiary alicyclic amines) is 1. The maximum Gasteiger partial charge on any atom is 0.342 e. The highest BCUT2D eigenvalue weighted by molar-refractivity contribution is 5.92. The summed E-state index contributed by atoms with van der Waals surface area (Å²) in [6.07, 6.45) is 1.50. The van der Waals surface area contributed by atoms with E-state index in [0.717, 1.165) is 30.7 Å². The minimum Gasteiger partial charge on any atom is -0.465 e. The molecule has 5 heteroatoms. The molecule has 0 amide bonds. The number of nitrogens with zero attached hydrogens (tertiary/aromatic N) is 1. The maximum absolute atomic E-state index is 12.7. The van der Waals surface area contributed by atoms with Crippen molar-refractivity contribution in [2.24, 2.45) is 5.73 Å².